The van der Waals surface area contributed by atoms with Gasteiger partial charge in [0, 0.05) is 16.8 Å². The Labute approximate surface area is 220 Å². The smallest absolute Gasteiger partial charge is 0.319 e. The van der Waals surface area contributed by atoms with E-state index < -0.39 is 0 Å². The van der Waals surface area contributed by atoms with Crippen molar-refractivity contribution in [1.29, 1.82) is 0 Å². The molecule has 1 aliphatic carbocycles. The van der Waals surface area contributed by atoms with Gasteiger partial charge in [0.05, 0.1) is 11.7 Å². The summed E-state index contributed by atoms with van der Waals surface area (Å²) in [6, 6.07) is 21.0. The molecule has 0 radical (unpaired) electrons. The third-order valence-electron chi connectivity index (χ3n) is 6.60. The molecule has 3 N–H and O–H groups in total. The molecule has 1 heterocycles. The minimum atomic E-state index is -0.272. The van der Waals surface area contributed by atoms with Crippen molar-refractivity contribution >= 4 is 39.7 Å². The Morgan fingerprint density at radius 2 is 1.68 bits per heavy atom. The number of hydrogen-bond acceptors (Lipinski definition) is 5. The van der Waals surface area contributed by atoms with E-state index in [0.29, 0.717) is 12.3 Å². The van der Waals surface area contributed by atoms with Crippen molar-refractivity contribution in [3.63, 3.8) is 0 Å². The number of benzene rings is 3. The summed E-state index contributed by atoms with van der Waals surface area (Å²) in [7, 11) is 0. The SMILES string of the molecule is Cc1ccc(OCc2nc(C(=O)N[C@@H]3CCCC[C@H]3NC(=O)Nc3cccc4ccccc34)cs2)cc1. The number of aromatic nitrogens is 1. The number of aryl methyl sites for hydroxylation is 1. The number of thiazole rings is 1. The van der Waals surface area contributed by atoms with Crippen molar-refractivity contribution in [2.45, 2.75) is 51.3 Å². The predicted octanol–water partition coefficient (Wildman–Crippen LogP) is 6.05. The lowest BCUT2D eigenvalue weighted by atomic mass is 9.90. The second-order valence-electron chi connectivity index (χ2n) is 9.32. The largest absolute Gasteiger partial charge is 0.486 e. The molecular weight excluding hydrogens is 484 g/mol. The third-order valence-corrected chi connectivity index (χ3v) is 7.43. The Morgan fingerprint density at radius 1 is 0.946 bits per heavy atom. The van der Waals surface area contributed by atoms with Crippen molar-refractivity contribution in [2.75, 3.05) is 5.32 Å². The van der Waals surface area contributed by atoms with Gasteiger partial charge in [-0.05, 0) is 43.4 Å². The van der Waals surface area contributed by atoms with Crippen LogP contribution in [0.1, 0.15) is 46.7 Å². The van der Waals surface area contributed by atoms with Gasteiger partial charge in [-0.15, -0.1) is 11.3 Å². The first-order chi connectivity index (χ1) is 18.0. The van der Waals surface area contributed by atoms with E-state index in [1.54, 1.807) is 5.38 Å². The zero-order valence-electron chi connectivity index (χ0n) is 20.7. The fourth-order valence-electron chi connectivity index (χ4n) is 4.64. The molecule has 1 aromatic heterocycles. The van der Waals surface area contributed by atoms with Crippen molar-refractivity contribution in [2.24, 2.45) is 0 Å². The quantitative estimate of drug-likeness (QED) is 0.280. The molecule has 1 fully saturated rings. The molecule has 1 aliphatic rings. The van der Waals surface area contributed by atoms with E-state index in [2.05, 4.69) is 20.9 Å². The Kier molecular flexibility index (Phi) is 7.65. The highest BCUT2D eigenvalue weighted by Gasteiger charge is 2.29. The number of fused-ring (bicyclic) bond motifs is 1. The fourth-order valence-corrected chi connectivity index (χ4v) is 5.33. The number of anilines is 1. The molecule has 0 bridgehead atoms. The third kappa shape index (κ3) is 6.27. The van der Waals surface area contributed by atoms with Gasteiger partial charge in [0.15, 0.2) is 0 Å². The van der Waals surface area contributed by atoms with Crippen LogP contribution in [-0.4, -0.2) is 29.0 Å². The van der Waals surface area contributed by atoms with Crippen LogP contribution in [0.25, 0.3) is 10.8 Å². The number of carbonyl (C=O) groups is 2. The lowest BCUT2D eigenvalue weighted by Crippen LogP contribution is -2.54. The number of amides is 3. The summed E-state index contributed by atoms with van der Waals surface area (Å²) >= 11 is 1.40. The molecule has 8 heteroatoms. The van der Waals surface area contributed by atoms with E-state index in [-0.39, 0.29) is 24.0 Å². The molecule has 0 unspecified atom stereocenters. The molecule has 190 valence electrons. The lowest BCUT2D eigenvalue weighted by molar-refractivity contribution is 0.0911. The van der Waals surface area contributed by atoms with Crippen LogP contribution in [0.4, 0.5) is 10.5 Å². The number of nitrogens with zero attached hydrogens (tertiary/aromatic N) is 1. The predicted molar refractivity (Wildman–Crippen MR) is 147 cm³/mol. The van der Waals surface area contributed by atoms with Gasteiger partial charge in [-0.2, -0.15) is 0 Å². The molecule has 3 amide bonds. The summed E-state index contributed by atoms with van der Waals surface area (Å²) in [6.07, 6.45) is 3.61. The minimum absolute atomic E-state index is 0.157. The molecule has 4 aromatic rings. The Bertz CT molecular complexity index is 1380. The lowest BCUT2D eigenvalue weighted by Gasteiger charge is -2.32. The summed E-state index contributed by atoms with van der Waals surface area (Å²) < 4.78 is 5.79. The fraction of sp³-hybridized carbons (Fsp3) is 0.276. The number of rotatable bonds is 7. The summed E-state index contributed by atoms with van der Waals surface area (Å²) in [5, 5.41) is 13.7. The maximum absolute atomic E-state index is 13.0. The first kappa shape index (κ1) is 24.8. The van der Waals surface area contributed by atoms with Gasteiger partial charge in [0.1, 0.15) is 23.1 Å². The summed E-state index contributed by atoms with van der Waals surface area (Å²) in [6.45, 7) is 2.34. The average molecular weight is 515 g/mol. The van der Waals surface area contributed by atoms with Crippen molar-refractivity contribution in [3.8, 4) is 5.75 Å². The van der Waals surface area contributed by atoms with Gasteiger partial charge in [-0.1, -0.05) is 66.9 Å². The Hall–Kier alpha value is -3.91. The van der Waals surface area contributed by atoms with Crippen LogP contribution >= 0.6 is 11.3 Å². The van der Waals surface area contributed by atoms with Crippen LogP contribution in [0.15, 0.2) is 72.1 Å². The van der Waals surface area contributed by atoms with Gasteiger partial charge in [-0.25, -0.2) is 9.78 Å². The summed E-state index contributed by atoms with van der Waals surface area (Å²) in [4.78, 5) is 30.3. The highest BCUT2D eigenvalue weighted by molar-refractivity contribution is 7.09. The highest BCUT2D eigenvalue weighted by Crippen LogP contribution is 2.24. The van der Waals surface area contributed by atoms with Gasteiger partial charge in [-0.3, -0.25) is 4.79 Å². The standard InChI is InChI=1S/C29H30N4O3S/c1-19-13-15-21(16-14-19)36-17-27-30-26(18-37-27)28(34)31-24-10-4-5-11-25(24)33-29(35)32-23-12-6-8-20-7-2-3-9-22(20)23/h2-3,6-9,12-16,18,24-25H,4-5,10-11,17H2,1H3,(H,31,34)(H2,32,33,35)/t24-,25-/m1/s1. The zero-order chi connectivity index (χ0) is 25.6. The van der Waals surface area contributed by atoms with Crippen LogP contribution in [0, 0.1) is 6.92 Å². The molecule has 2 atom stereocenters. The average Bonchev–Trinajstić information content (AvgIpc) is 3.39. The molecule has 0 spiro atoms. The second-order valence-corrected chi connectivity index (χ2v) is 10.3. The number of ether oxygens (including phenoxy) is 1. The zero-order valence-corrected chi connectivity index (χ0v) is 21.5. The Balaban J connectivity index is 1.17. The van der Waals surface area contributed by atoms with Gasteiger partial charge >= 0.3 is 6.03 Å². The van der Waals surface area contributed by atoms with Crippen molar-refractivity contribution in [1.82, 2.24) is 15.6 Å². The van der Waals surface area contributed by atoms with Crippen molar-refractivity contribution < 1.29 is 14.3 Å². The van der Waals surface area contributed by atoms with E-state index in [0.717, 1.165) is 52.9 Å². The second kappa shape index (κ2) is 11.4. The number of urea groups is 1. The first-order valence-electron chi connectivity index (χ1n) is 12.6. The van der Waals surface area contributed by atoms with Gasteiger partial charge in [0.2, 0.25) is 0 Å². The van der Waals surface area contributed by atoms with Crippen LogP contribution < -0.4 is 20.7 Å². The maximum atomic E-state index is 13.0. The molecule has 0 saturated heterocycles. The van der Waals surface area contributed by atoms with E-state index in [9.17, 15) is 9.59 Å². The summed E-state index contributed by atoms with van der Waals surface area (Å²) in [5.41, 5.74) is 2.30. The highest BCUT2D eigenvalue weighted by atomic mass is 32.1. The van der Waals surface area contributed by atoms with Crippen molar-refractivity contribution in [3.05, 3.63) is 88.4 Å². The topological polar surface area (TPSA) is 92.3 Å². The summed E-state index contributed by atoms with van der Waals surface area (Å²) in [5.74, 6) is 0.538. The number of carbonyl (C=O) groups excluding carboxylic acids is 2. The number of nitrogens with one attached hydrogen (secondary N) is 3. The van der Waals surface area contributed by atoms with Crippen LogP contribution in [0.3, 0.4) is 0 Å². The van der Waals surface area contributed by atoms with E-state index in [4.69, 9.17) is 4.74 Å². The minimum Gasteiger partial charge on any atom is -0.486 e. The van der Waals surface area contributed by atoms with Crippen LogP contribution in [0.2, 0.25) is 0 Å². The van der Waals surface area contributed by atoms with Gasteiger partial charge in [0.25, 0.3) is 5.91 Å². The molecule has 3 aromatic carbocycles. The molecule has 7 nitrogen and oxygen atoms in total. The number of hydrogen-bond donors (Lipinski definition) is 3. The molecule has 5 rings (SSSR count). The molecular formula is C29H30N4O3S. The maximum Gasteiger partial charge on any atom is 0.319 e. The monoisotopic (exact) mass is 514 g/mol. The molecule has 1 saturated carbocycles. The molecule has 37 heavy (non-hydrogen) atoms. The molecule has 0 aliphatic heterocycles. The van der Waals surface area contributed by atoms with E-state index >= 15 is 0 Å². The van der Waals surface area contributed by atoms with E-state index in [1.807, 2.05) is 73.7 Å². The van der Waals surface area contributed by atoms with Crippen LogP contribution in [-0.2, 0) is 6.61 Å². The normalized spacial score (nSPS) is 17.2. The Morgan fingerprint density at radius 3 is 2.49 bits per heavy atom. The van der Waals surface area contributed by atoms with Crippen LogP contribution in [0.5, 0.6) is 5.75 Å². The van der Waals surface area contributed by atoms with Gasteiger partial charge < -0.3 is 20.7 Å². The first-order valence-corrected chi connectivity index (χ1v) is 13.4. The van der Waals surface area contributed by atoms with E-state index in [1.165, 1.54) is 16.9 Å².